The molecule has 0 unspecified atom stereocenters. The Hall–Kier alpha value is -2.70. The van der Waals surface area contributed by atoms with Gasteiger partial charge >= 0.3 is 0 Å². The number of nitrogen functional groups attached to an aromatic ring is 1. The van der Waals surface area contributed by atoms with Crippen LogP contribution in [0.25, 0.3) is 11.2 Å². The largest absolute Gasteiger partial charge is 0.368 e. The van der Waals surface area contributed by atoms with Crippen molar-refractivity contribution in [3.05, 3.63) is 35.9 Å². The Morgan fingerprint density at radius 3 is 3.00 bits per heavy atom. The molecule has 19 heavy (non-hydrogen) atoms. The summed E-state index contributed by atoms with van der Waals surface area (Å²) in [5.74, 6) is 0.251. The lowest BCUT2D eigenvalue weighted by molar-refractivity contribution is 0.628. The maximum atomic E-state index is 13.3. The number of aromatic amines is 1. The summed E-state index contributed by atoms with van der Waals surface area (Å²) in [6.07, 6.45) is 1.50. The van der Waals surface area contributed by atoms with Crippen LogP contribution in [0.3, 0.4) is 0 Å². The van der Waals surface area contributed by atoms with E-state index < -0.39 is 0 Å². The van der Waals surface area contributed by atoms with E-state index in [0.717, 1.165) is 5.56 Å². The first kappa shape index (κ1) is 11.4. The lowest BCUT2D eigenvalue weighted by Crippen LogP contribution is -2.02. The number of nitrogens with zero attached hydrogens (tertiary/aromatic N) is 3. The molecule has 3 rings (SSSR count). The number of benzene rings is 1. The van der Waals surface area contributed by atoms with Gasteiger partial charge in [-0.15, -0.1) is 0 Å². The van der Waals surface area contributed by atoms with Gasteiger partial charge in [-0.3, -0.25) is 0 Å². The fourth-order valence-electron chi connectivity index (χ4n) is 1.80. The van der Waals surface area contributed by atoms with E-state index in [0.29, 0.717) is 22.7 Å². The number of nitrogens with one attached hydrogen (secondary N) is 2. The zero-order valence-corrected chi connectivity index (χ0v) is 10.1. The van der Waals surface area contributed by atoms with Crippen LogP contribution in [-0.4, -0.2) is 19.9 Å². The molecule has 2 heterocycles. The van der Waals surface area contributed by atoms with Crippen LogP contribution in [0.5, 0.6) is 0 Å². The molecule has 0 radical (unpaired) electrons. The van der Waals surface area contributed by atoms with Gasteiger partial charge in [-0.1, -0.05) is 6.07 Å². The zero-order valence-electron chi connectivity index (χ0n) is 10.1. The fraction of sp³-hybridized carbons (Fsp3) is 0.0833. The molecule has 1 aromatic carbocycles. The first-order valence-electron chi connectivity index (χ1n) is 5.63. The molecule has 0 aliphatic carbocycles. The van der Waals surface area contributed by atoms with E-state index >= 15 is 0 Å². The Balaban J connectivity index is 2.10. The molecular formula is C12H11FN6. The molecule has 0 atom stereocenters. The molecule has 0 bridgehead atoms. The predicted octanol–water partition coefficient (Wildman–Crippen LogP) is 2.13. The SMILES string of the molecule is Cc1ccc(F)cc1Nc1nc(N)nc2nc[nH]c12. The molecule has 0 aliphatic rings. The molecule has 6 nitrogen and oxygen atoms in total. The van der Waals surface area contributed by atoms with Crippen LogP contribution in [0.1, 0.15) is 5.56 Å². The Bertz CT molecular complexity index is 751. The van der Waals surface area contributed by atoms with Gasteiger partial charge in [0.05, 0.1) is 6.33 Å². The van der Waals surface area contributed by atoms with Crippen LogP contribution >= 0.6 is 0 Å². The van der Waals surface area contributed by atoms with Gasteiger partial charge in [0.25, 0.3) is 0 Å². The first-order chi connectivity index (χ1) is 9.13. The number of hydrogen-bond donors (Lipinski definition) is 3. The Morgan fingerprint density at radius 2 is 2.16 bits per heavy atom. The summed E-state index contributed by atoms with van der Waals surface area (Å²) in [5.41, 5.74) is 8.21. The summed E-state index contributed by atoms with van der Waals surface area (Å²) in [7, 11) is 0. The third kappa shape index (κ3) is 2.05. The summed E-state index contributed by atoms with van der Waals surface area (Å²) < 4.78 is 13.3. The lowest BCUT2D eigenvalue weighted by atomic mass is 10.2. The van der Waals surface area contributed by atoms with Gasteiger partial charge in [0, 0.05) is 5.69 Å². The van der Waals surface area contributed by atoms with Crippen molar-refractivity contribution in [2.45, 2.75) is 6.92 Å². The minimum atomic E-state index is -0.323. The standard InChI is InChI=1S/C12H11FN6/c1-6-2-3-7(13)4-8(6)17-11-9-10(16-5-15-9)18-12(14)19-11/h2-5H,1H3,(H4,14,15,16,17,18,19). The van der Waals surface area contributed by atoms with Gasteiger partial charge in [0.15, 0.2) is 11.5 Å². The number of anilines is 3. The summed E-state index contributed by atoms with van der Waals surface area (Å²) >= 11 is 0. The van der Waals surface area contributed by atoms with Gasteiger partial charge in [-0.25, -0.2) is 9.37 Å². The minimum Gasteiger partial charge on any atom is -0.368 e. The molecule has 96 valence electrons. The van der Waals surface area contributed by atoms with E-state index in [1.165, 1.54) is 18.5 Å². The van der Waals surface area contributed by atoms with E-state index in [1.807, 2.05) is 6.92 Å². The maximum Gasteiger partial charge on any atom is 0.224 e. The number of fused-ring (bicyclic) bond motifs is 1. The van der Waals surface area contributed by atoms with Crippen molar-refractivity contribution in [2.75, 3.05) is 11.1 Å². The van der Waals surface area contributed by atoms with Gasteiger partial charge in [-0.2, -0.15) is 9.97 Å². The van der Waals surface area contributed by atoms with Crippen molar-refractivity contribution in [2.24, 2.45) is 0 Å². The Kier molecular flexibility index (Phi) is 2.52. The summed E-state index contributed by atoms with van der Waals surface area (Å²) in [6.45, 7) is 1.87. The topological polar surface area (TPSA) is 92.5 Å². The number of halogens is 1. The summed E-state index contributed by atoms with van der Waals surface area (Å²) in [4.78, 5) is 15.0. The lowest BCUT2D eigenvalue weighted by Gasteiger charge is -2.09. The van der Waals surface area contributed by atoms with Crippen molar-refractivity contribution in [1.29, 1.82) is 0 Å². The smallest absolute Gasteiger partial charge is 0.224 e. The monoisotopic (exact) mass is 258 g/mol. The highest BCUT2D eigenvalue weighted by Gasteiger charge is 2.10. The van der Waals surface area contributed by atoms with Gasteiger partial charge in [0.1, 0.15) is 11.3 Å². The van der Waals surface area contributed by atoms with Gasteiger partial charge in [-0.05, 0) is 24.6 Å². The number of hydrogen-bond acceptors (Lipinski definition) is 5. The van der Waals surface area contributed by atoms with Gasteiger partial charge in [0.2, 0.25) is 5.95 Å². The van der Waals surface area contributed by atoms with Crippen molar-refractivity contribution in [3.63, 3.8) is 0 Å². The molecule has 3 aromatic rings. The molecule has 7 heteroatoms. The zero-order chi connectivity index (χ0) is 13.4. The van der Waals surface area contributed by atoms with Crippen LogP contribution in [0, 0.1) is 12.7 Å². The highest BCUT2D eigenvalue weighted by atomic mass is 19.1. The summed E-state index contributed by atoms with van der Waals surface area (Å²) in [6, 6.07) is 4.49. The van der Waals surface area contributed by atoms with Crippen LogP contribution in [0.2, 0.25) is 0 Å². The highest BCUT2D eigenvalue weighted by molar-refractivity contribution is 5.86. The molecule has 4 N–H and O–H groups in total. The molecule has 0 fully saturated rings. The maximum absolute atomic E-state index is 13.3. The molecule has 0 saturated carbocycles. The average Bonchev–Trinajstić information content (AvgIpc) is 2.82. The summed E-state index contributed by atoms with van der Waals surface area (Å²) in [5, 5.41) is 3.04. The number of aromatic nitrogens is 4. The van der Waals surface area contributed by atoms with Crippen molar-refractivity contribution in [1.82, 2.24) is 19.9 Å². The number of rotatable bonds is 2. The number of imidazole rings is 1. The van der Waals surface area contributed by atoms with Crippen LogP contribution in [0.15, 0.2) is 24.5 Å². The average molecular weight is 258 g/mol. The van der Waals surface area contributed by atoms with Crippen molar-refractivity contribution >= 4 is 28.6 Å². The third-order valence-corrected chi connectivity index (χ3v) is 2.76. The van der Waals surface area contributed by atoms with Crippen molar-refractivity contribution < 1.29 is 4.39 Å². The first-order valence-corrected chi connectivity index (χ1v) is 5.63. The highest BCUT2D eigenvalue weighted by Crippen LogP contribution is 2.24. The van der Waals surface area contributed by atoms with Crippen LogP contribution in [-0.2, 0) is 0 Å². The minimum absolute atomic E-state index is 0.108. The molecule has 0 saturated heterocycles. The van der Waals surface area contributed by atoms with Crippen LogP contribution < -0.4 is 11.1 Å². The molecule has 0 aliphatic heterocycles. The van der Waals surface area contributed by atoms with Crippen LogP contribution in [0.4, 0.5) is 21.8 Å². The molecule has 2 aromatic heterocycles. The van der Waals surface area contributed by atoms with E-state index in [1.54, 1.807) is 6.07 Å². The van der Waals surface area contributed by atoms with Gasteiger partial charge < -0.3 is 16.0 Å². The molecule has 0 spiro atoms. The fourth-order valence-corrected chi connectivity index (χ4v) is 1.80. The number of H-pyrrole nitrogens is 1. The molecular weight excluding hydrogens is 247 g/mol. The third-order valence-electron chi connectivity index (χ3n) is 2.76. The second-order valence-electron chi connectivity index (χ2n) is 4.12. The van der Waals surface area contributed by atoms with E-state index in [-0.39, 0.29) is 11.8 Å². The second-order valence-corrected chi connectivity index (χ2v) is 4.12. The van der Waals surface area contributed by atoms with Crippen molar-refractivity contribution in [3.8, 4) is 0 Å². The van der Waals surface area contributed by atoms with E-state index in [4.69, 9.17) is 5.73 Å². The normalized spacial score (nSPS) is 10.8. The Morgan fingerprint density at radius 1 is 1.32 bits per heavy atom. The van der Waals surface area contributed by atoms with E-state index in [2.05, 4.69) is 25.3 Å². The van der Waals surface area contributed by atoms with E-state index in [9.17, 15) is 4.39 Å². The Labute approximate surface area is 107 Å². The molecule has 0 amide bonds. The number of nitrogens with two attached hydrogens (primary N) is 1. The predicted molar refractivity (Wildman–Crippen MR) is 70.5 cm³/mol. The number of aryl methyl sites for hydroxylation is 1. The second kappa shape index (κ2) is 4.20. The quantitative estimate of drug-likeness (QED) is 0.654.